The number of allylic oxidation sites excluding steroid dienone is 1. The van der Waals surface area contributed by atoms with Crippen LogP contribution in [0.1, 0.15) is 16.3 Å². The standard InChI is InChI=1S/C9H9BrO3/c1-3-4-7-6(10)5-8(13-7)9(11)12-2/h3,5H,1,4H2,2H3. The van der Waals surface area contributed by atoms with E-state index in [4.69, 9.17) is 4.42 Å². The van der Waals surface area contributed by atoms with Crippen LogP contribution in [-0.2, 0) is 11.2 Å². The van der Waals surface area contributed by atoms with Crippen molar-refractivity contribution in [3.8, 4) is 0 Å². The van der Waals surface area contributed by atoms with Gasteiger partial charge < -0.3 is 9.15 Å². The van der Waals surface area contributed by atoms with Gasteiger partial charge in [-0.2, -0.15) is 0 Å². The minimum absolute atomic E-state index is 0.200. The maximum absolute atomic E-state index is 11.0. The van der Waals surface area contributed by atoms with E-state index in [0.29, 0.717) is 12.2 Å². The summed E-state index contributed by atoms with van der Waals surface area (Å²) in [6.07, 6.45) is 2.28. The summed E-state index contributed by atoms with van der Waals surface area (Å²) in [6, 6.07) is 1.59. The van der Waals surface area contributed by atoms with E-state index in [1.54, 1.807) is 12.1 Å². The van der Waals surface area contributed by atoms with Crippen LogP contribution in [0, 0.1) is 0 Å². The summed E-state index contributed by atoms with van der Waals surface area (Å²) in [4.78, 5) is 11.0. The Labute approximate surface area is 84.5 Å². The second kappa shape index (κ2) is 4.28. The molecule has 0 saturated carbocycles. The quantitative estimate of drug-likeness (QED) is 0.606. The van der Waals surface area contributed by atoms with Gasteiger partial charge >= 0.3 is 5.97 Å². The average Bonchev–Trinajstić information content (AvgIpc) is 2.47. The fraction of sp³-hybridized carbons (Fsp3) is 0.222. The number of furan rings is 1. The van der Waals surface area contributed by atoms with Crippen molar-refractivity contribution in [3.63, 3.8) is 0 Å². The van der Waals surface area contributed by atoms with Gasteiger partial charge in [0.2, 0.25) is 5.76 Å². The molecule has 1 aromatic rings. The number of rotatable bonds is 3. The van der Waals surface area contributed by atoms with E-state index < -0.39 is 5.97 Å². The van der Waals surface area contributed by atoms with E-state index in [1.807, 2.05) is 0 Å². The second-order valence-corrected chi connectivity index (χ2v) is 3.22. The highest BCUT2D eigenvalue weighted by atomic mass is 79.9. The van der Waals surface area contributed by atoms with E-state index in [9.17, 15) is 4.79 Å². The van der Waals surface area contributed by atoms with Crippen LogP contribution in [0.25, 0.3) is 0 Å². The van der Waals surface area contributed by atoms with Crippen LogP contribution >= 0.6 is 15.9 Å². The third-order valence-electron chi connectivity index (χ3n) is 1.47. The minimum atomic E-state index is -0.476. The SMILES string of the molecule is C=CCc1oc(C(=O)OC)cc1Br. The minimum Gasteiger partial charge on any atom is -0.463 e. The Hall–Kier alpha value is -1.03. The van der Waals surface area contributed by atoms with Gasteiger partial charge in [-0.3, -0.25) is 0 Å². The van der Waals surface area contributed by atoms with Crippen LogP contribution in [0.3, 0.4) is 0 Å². The van der Waals surface area contributed by atoms with Gasteiger partial charge in [-0.15, -0.1) is 6.58 Å². The number of methoxy groups -OCH3 is 1. The Morgan fingerprint density at radius 3 is 3.08 bits per heavy atom. The molecule has 0 fully saturated rings. The summed E-state index contributed by atoms with van der Waals surface area (Å²) >= 11 is 3.27. The molecular weight excluding hydrogens is 236 g/mol. The van der Waals surface area contributed by atoms with Crippen molar-refractivity contribution >= 4 is 21.9 Å². The molecule has 0 saturated heterocycles. The van der Waals surface area contributed by atoms with Crippen LogP contribution in [-0.4, -0.2) is 13.1 Å². The molecule has 0 unspecified atom stereocenters. The lowest BCUT2D eigenvalue weighted by Gasteiger charge is -1.92. The van der Waals surface area contributed by atoms with Crippen molar-refractivity contribution in [2.45, 2.75) is 6.42 Å². The first kappa shape index (κ1) is 10.1. The highest BCUT2D eigenvalue weighted by molar-refractivity contribution is 9.10. The zero-order valence-electron chi connectivity index (χ0n) is 7.17. The third kappa shape index (κ3) is 2.21. The summed E-state index contributed by atoms with van der Waals surface area (Å²) in [7, 11) is 1.31. The Morgan fingerprint density at radius 1 is 1.85 bits per heavy atom. The van der Waals surface area contributed by atoms with Gasteiger partial charge in [0.1, 0.15) is 5.76 Å². The predicted molar refractivity (Wildman–Crippen MR) is 51.6 cm³/mol. The zero-order chi connectivity index (χ0) is 9.84. The van der Waals surface area contributed by atoms with Crippen molar-refractivity contribution in [3.05, 3.63) is 34.7 Å². The first-order chi connectivity index (χ1) is 6.19. The third-order valence-corrected chi connectivity index (χ3v) is 2.14. The smallest absolute Gasteiger partial charge is 0.373 e. The number of carbonyl (C=O) groups is 1. The maximum Gasteiger partial charge on any atom is 0.373 e. The van der Waals surface area contributed by atoms with Crippen LogP contribution in [0.15, 0.2) is 27.6 Å². The van der Waals surface area contributed by atoms with Gasteiger partial charge in [0.05, 0.1) is 11.6 Å². The van der Waals surface area contributed by atoms with Crippen molar-refractivity contribution < 1.29 is 13.9 Å². The highest BCUT2D eigenvalue weighted by Crippen LogP contribution is 2.22. The van der Waals surface area contributed by atoms with Crippen molar-refractivity contribution in [2.24, 2.45) is 0 Å². The molecule has 0 N–H and O–H groups in total. The molecule has 0 amide bonds. The van der Waals surface area contributed by atoms with Crippen molar-refractivity contribution in [1.29, 1.82) is 0 Å². The van der Waals surface area contributed by atoms with E-state index in [-0.39, 0.29) is 5.76 Å². The number of carbonyl (C=O) groups excluding carboxylic acids is 1. The number of ether oxygens (including phenoxy) is 1. The Kier molecular flexibility index (Phi) is 3.31. The van der Waals surface area contributed by atoms with E-state index in [0.717, 1.165) is 4.47 Å². The lowest BCUT2D eigenvalue weighted by Crippen LogP contribution is -1.98. The first-order valence-corrected chi connectivity index (χ1v) is 4.45. The molecule has 0 spiro atoms. The van der Waals surface area contributed by atoms with Gasteiger partial charge in [-0.05, 0) is 15.9 Å². The molecule has 0 aliphatic carbocycles. The predicted octanol–water partition coefficient (Wildman–Crippen LogP) is 2.56. The highest BCUT2D eigenvalue weighted by Gasteiger charge is 2.14. The van der Waals surface area contributed by atoms with E-state index >= 15 is 0 Å². The van der Waals surface area contributed by atoms with Gasteiger partial charge in [-0.1, -0.05) is 6.08 Å². The fourth-order valence-electron chi connectivity index (χ4n) is 0.878. The summed E-state index contributed by atoms with van der Waals surface area (Å²) < 4.78 is 10.5. The summed E-state index contributed by atoms with van der Waals surface area (Å²) in [6.45, 7) is 3.57. The molecule has 0 aliphatic rings. The first-order valence-electron chi connectivity index (χ1n) is 3.66. The van der Waals surface area contributed by atoms with Crippen LogP contribution in [0.2, 0.25) is 0 Å². The van der Waals surface area contributed by atoms with Crippen LogP contribution < -0.4 is 0 Å². The lowest BCUT2D eigenvalue weighted by molar-refractivity contribution is 0.0563. The Balaban J connectivity index is 2.94. The molecule has 1 heterocycles. The van der Waals surface area contributed by atoms with Gasteiger partial charge in [0.25, 0.3) is 0 Å². The monoisotopic (exact) mass is 244 g/mol. The van der Waals surface area contributed by atoms with E-state index in [1.165, 1.54) is 7.11 Å². The average molecular weight is 245 g/mol. The molecule has 0 bridgehead atoms. The Morgan fingerprint density at radius 2 is 2.54 bits per heavy atom. The van der Waals surface area contributed by atoms with E-state index in [2.05, 4.69) is 27.2 Å². The largest absolute Gasteiger partial charge is 0.463 e. The lowest BCUT2D eigenvalue weighted by atomic mass is 10.3. The van der Waals surface area contributed by atoms with Crippen molar-refractivity contribution in [2.75, 3.05) is 7.11 Å². The molecule has 0 radical (unpaired) electrons. The van der Waals surface area contributed by atoms with Gasteiger partial charge in [-0.25, -0.2) is 4.79 Å². The van der Waals surface area contributed by atoms with Crippen molar-refractivity contribution in [1.82, 2.24) is 0 Å². The van der Waals surface area contributed by atoms with Gasteiger partial charge in [0.15, 0.2) is 0 Å². The normalized spacial score (nSPS) is 9.69. The molecule has 0 aliphatic heterocycles. The molecule has 3 nitrogen and oxygen atoms in total. The summed E-state index contributed by atoms with van der Waals surface area (Å²) in [5.41, 5.74) is 0. The summed E-state index contributed by atoms with van der Waals surface area (Å²) in [5.74, 6) is 0.401. The molecular formula is C9H9BrO3. The molecule has 1 rings (SSSR count). The zero-order valence-corrected chi connectivity index (χ0v) is 8.76. The number of esters is 1. The number of hydrogen-bond acceptors (Lipinski definition) is 3. The van der Waals surface area contributed by atoms with Gasteiger partial charge in [0, 0.05) is 12.5 Å². The van der Waals surface area contributed by atoms with Crippen LogP contribution in [0.4, 0.5) is 0 Å². The summed E-state index contributed by atoms with van der Waals surface area (Å²) in [5, 5.41) is 0. The topological polar surface area (TPSA) is 39.4 Å². The molecule has 1 aromatic heterocycles. The Bertz CT molecular complexity index is 328. The van der Waals surface area contributed by atoms with Crippen LogP contribution in [0.5, 0.6) is 0 Å². The molecule has 0 aromatic carbocycles. The molecule has 0 atom stereocenters. The molecule has 70 valence electrons. The molecule has 13 heavy (non-hydrogen) atoms. The second-order valence-electron chi connectivity index (χ2n) is 2.37. The molecule has 4 heteroatoms. The number of halogens is 1. The maximum atomic E-state index is 11.0. The fourth-order valence-corrected chi connectivity index (χ4v) is 1.33. The number of hydrogen-bond donors (Lipinski definition) is 0.